The van der Waals surface area contributed by atoms with E-state index in [2.05, 4.69) is 55.4 Å². The van der Waals surface area contributed by atoms with E-state index in [0.717, 1.165) is 114 Å². The van der Waals surface area contributed by atoms with E-state index in [4.69, 9.17) is 37.0 Å². The van der Waals surface area contributed by atoms with E-state index in [1.165, 1.54) is 276 Å². The van der Waals surface area contributed by atoms with Crippen molar-refractivity contribution in [1.82, 2.24) is 0 Å². The van der Waals surface area contributed by atoms with Gasteiger partial charge in [-0.05, 0) is 49.4 Å². The molecule has 0 aliphatic heterocycles. The zero-order valence-electron chi connectivity index (χ0n) is 72.2. The van der Waals surface area contributed by atoms with Gasteiger partial charge in [-0.1, -0.05) is 421 Å². The van der Waals surface area contributed by atoms with E-state index in [1.54, 1.807) is 0 Å². The summed E-state index contributed by atoms with van der Waals surface area (Å²) in [6, 6.07) is 0. The number of carbonyl (C=O) groups is 4. The van der Waals surface area contributed by atoms with Crippen LogP contribution >= 0.6 is 15.6 Å². The lowest BCUT2D eigenvalue weighted by atomic mass is 9.99. The third-order valence-corrected chi connectivity index (χ3v) is 23.3. The van der Waals surface area contributed by atoms with Crippen molar-refractivity contribution in [2.24, 2.45) is 23.7 Å². The van der Waals surface area contributed by atoms with Crippen LogP contribution in [0.25, 0.3) is 0 Å². The van der Waals surface area contributed by atoms with Gasteiger partial charge in [0.2, 0.25) is 0 Å². The standard InChI is InChI=1S/C90H176O17P2/c1-9-83(8)69-61-53-45-37-27-23-19-15-11-13-17-21-25-29-40-48-56-64-72-89(94)106-85(76-100-87(92)70-62-54-46-38-28-24-20-16-12-10-14-18-22-26-34-42-50-58-66-80(2)3)78-104-108(96,97)102-74-84(91)75-103-109(98,99)105-79-86(107-90(95)73-65-57-49-41-33-31-36-44-52-60-68-82(6)7)77-101-88(93)71-63-55-47-39-32-30-35-43-51-59-67-81(4)5/h80-86,91H,9-79H2,1-8H3,(H,96,97)(H,98,99)/t83?,84-,85-,86-/m1/s1. The molecule has 0 aliphatic carbocycles. The van der Waals surface area contributed by atoms with E-state index in [1.807, 2.05) is 0 Å². The predicted octanol–water partition coefficient (Wildman–Crippen LogP) is 27.5. The molecule has 0 saturated heterocycles. The zero-order valence-corrected chi connectivity index (χ0v) is 74.0. The summed E-state index contributed by atoms with van der Waals surface area (Å²) in [6.45, 7) is 14.4. The summed E-state index contributed by atoms with van der Waals surface area (Å²) < 4.78 is 69.0. The molecule has 648 valence electrons. The highest BCUT2D eigenvalue weighted by molar-refractivity contribution is 7.47. The lowest BCUT2D eigenvalue weighted by Crippen LogP contribution is -2.30. The number of phosphoric acid groups is 2. The van der Waals surface area contributed by atoms with E-state index in [-0.39, 0.29) is 25.7 Å². The van der Waals surface area contributed by atoms with Gasteiger partial charge in [-0.25, -0.2) is 9.13 Å². The van der Waals surface area contributed by atoms with Crippen molar-refractivity contribution in [2.75, 3.05) is 39.6 Å². The molecule has 3 unspecified atom stereocenters. The topological polar surface area (TPSA) is 237 Å². The Morgan fingerprint density at radius 1 is 0.257 bits per heavy atom. The summed E-state index contributed by atoms with van der Waals surface area (Å²) >= 11 is 0. The largest absolute Gasteiger partial charge is 0.472 e. The van der Waals surface area contributed by atoms with Crippen molar-refractivity contribution in [3.63, 3.8) is 0 Å². The van der Waals surface area contributed by atoms with Crippen LogP contribution < -0.4 is 0 Å². The molecule has 3 N–H and O–H groups in total. The Kier molecular flexibility index (Phi) is 77.2. The first-order chi connectivity index (χ1) is 52.6. The normalized spacial score (nSPS) is 14.1. The Morgan fingerprint density at radius 2 is 0.440 bits per heavy atom. The summed E-state index contributed by atoms with van der Waals surface area (Å²) in [5.74, 6) is 1.10. The molecule has 0 saturated carbocycles. The molecule has 0 amide bonds. The minimum Gasteiger partial charge on any atom is -0.462 e. The van der Waals surface area contributed by atoms with Crippen molar-refractivity contribution in [3.05, 3.63) is 0 Å². The number of phosphoric ester groups is 2. The maximum atomic E-state index is 13.2. The molecule has 0 aromatic heterocycles. The number of rotatable bonds is 87. The van der Waals surface area contributed by atoms with Crippen LogP contribution in [0.4, 0.5) is 0 Å². The average Bonchev–Trinajstić information content (AvgIpc) is 0.903. The molecule has 109 heavy (non-hydrogen) atoms. The Morgan fingerprint density at radius 3 is 0.651 bits per heavy atom. The molecule has 0 spiro atoms. The number of hydrogen-bond donors (Lipinski definition) is 3. The van der Waals surface area contributed by atoms with Gasteiger partial charge in [0.25, 0.3) is 0 Å². The minimum absolute atomic E-state index is 0.106. The van der Waals surface area contributed by atoms with Crippen LogP contribution in [0.5, 0.6) is 0 Å². The minimum atomic E-state index is -4.97. The number of aliphatic hydroxyl groups excluding tert-OH is 1. The van der Waals surface area contributed by atoms with Crippen molar-refractivity contribution in [1.29, 1.82) is 0 Å². The molecule has 0 aromatic carbocycles. The molecule has 0 bridgehead atoms. The van der Waals surface area contributed by atoms with Gasteiger partial charge in [0.1, 0.15) is 19.3 Å². The monoisotopic (exact) mass is 1590 g/mol. The van der Waals surface area contributed by atoms with Crippen LogP contribution in [0.2, 0.25) is 0 Å². The number of hydrogen-bond acceptors (Lipinski definition) is 15. The van der Waals surface area contributed by atoms with Gasteiger partial charge < -0.3 is 33.8 Å². The van der Waals surface area contributed by atoms with Gasteiger partial charge >= 0.3 is 39.5 Å². The first kappa shape index (κ1) is 107. The lowest BCUT2D eigenvalue weighted by Gasteiger charge is -2.21. The highest BCUT2D eigenvalue weighted by atomic mass is 31.2. The molecule has 0 radical (unpaired) electrons. The second-order valence-corrected chi connectivity index (χ2v) is 36.9. The maximum absolute atomic E-state index is 13.2. The fourth-order valence-corrected chi connectivity index (χ4v) is 15.6. The van der Waals surface area contributed by atoms with Crippen LogP contribution in [0.15, 0.2) is 0 Å². The first-order valence-electron chi connectivity index (χ1n) is 46.2. The molecule has 0 aliphatic rings. The van der Waals surface area contributed by atoms with Crippen molar-refractivity contribution < 1.29 is 80.2 Å². The van der Waals surface area contributed by atoms with Crippen LogP contribution in [-0.4, -0.2) is 96.7 Å². The van der Waals surface area contributed by atoms with E-state index in [0.29, 0.717) is 25.7 Å². The Hall–Kier alpha value is -1.94. The van der Waals surface area contributed by atoms with Crippen LogP contribution in [0, 0.1) is 23.7 Å². The molecule has 0 aromatic rings. The maximum Gasteiger partial charge on any atom is 0.472 e. The number of aliphatic hydroxyl groups is 1. The van der Waals surface area contributed by atoms with Crippen LogP contribution in [0.3, 0.4) is 0 Å². The lowest BCUT2D eigenvalue weighted by molar-refractivity contribution is -0.161. The van der Waals surface area contributed by atoms with Gasteiger partial charge in [0, 0.05) is 25.7 Å². The summed E-state index contributed by atoms with van der Waals surface area (Å²) in [5, 5.41) is 10.7. The highest BCUT2D eigenvalue weighted by Crippen LogP contribution is 2.45. The van der Waals surface area contributed by atoms with E-state index in [9.17, 15) is 43.2 Å². The Balaban J connectivity index is 5.24. The molecule has 0 heterocycles. The van der Waals surface area contributed by atoms with Crippen molar-refractivity contribution in [2.45, 2.75) is 491 Å². The number of unbranched alkanes of at least 4 members (excludes halogenated alkanes) is 52. The SMILES string of the molecule is CCC(C)CCCCCCCCCCCCCCCCCCCCC(=O)O[C@H](COC(=O)CCCCCCCCCCCCCCCCCCCCC(C)C)COP(=O)(O)OC[C@@H](O)COP(=O)(O)OC[C@@H](COC(=O)CCCCCCCCCCCCC(C)C)OC(=O)CCCCCCCCCCCCC(C)C. The first-order valence-corrected chi connectivity index (χ1v) is 49.2. The Bertz CT molecular complexity index is 2110. The zero-order chi connectivity index (χ0) is 80.2. The third kappa shape index (κ3) is 82.4. The van der Waals surface area contributed by atoms with Gasteiger partial charge in [0.15, 0.2) is 12.2 Å². The van der Waals surface area contributed by atoms with Crippen molar-refractivity contribution in [3.8, 4) is 0 Å². The summed E-state index contributed by atoms with van der Waals surface area (Å²) in [7, 11) is -9.94. The predicted molar refractivity (Wildman–Crippen MR) is 451 cm³/mol. The quantitative estimate of drug-likeness (QED) is 0.0222. The molecule has 0 rings (SSSR count). The molecule has 0 fully saturated rings. The number of carbonyl (C=O) groups excluding carboxylic acids is 4. The van der Waals surface area contributed by atoms with E-state index >= 15 is 0 Å². The fourth-order valence-electron chi connectivity index (χ4n) is 14.0. The van der Waals surface area contributed by atoms with Gasteiger partial charge in [-0.2, -0.15) is 0 Å². The number of ether oxygens (including phenoxy) is 4. The molecular formula is C90H176O17P2. The molecule has 6 atom stereocenters. The van der Waals surface area contributed by atoms with Gasteiger partial charge in [0.05, 0.1) is 26.4 Å². The molecule has 17 nitrogen and oxygen atoms in total. The van der Waals surface area contributed by atoms with Crippen LogP contribution in [-0.2, 0) is 65.4 Å². The average molecular weight is 1590 g/mol. The second-order valence-electron chi connectivity index (χ2n) is 34.0. The third-order valence-electron chi connectivity index (χ3n) is 21.4. The van der Waals surface area contributed by atoms with Crippen molar-refractivity contribution >= 4 is 39.5 Å². The van der Waals surface area contributed by atoms with Crippen LogP contribution in [0.1, 0.15) is 473 Å². The highest BCUT2D eigenvalue weighted by Gasteiger charge is 2.31. The fraction of sp³-hybridized carbons (Fsp3) is 0.956. The summed E-state index contributed by atoms with van der Waals surface area (Å²) in [5.41, 5.74) is 0. The second kappa shape index (κ2) is 78.6. The summed E-state index contributed by atoms with van der Waals surface area (Å²) in [6.07, 6.45) is 69.5. The number of esters is 4. The molecule has 19 heteroatoms. The smallest absolute Gasteiger partial charge is 0.462 e. The van der Waals surface area contributed by atoms with E-state index < -0.39 is 97.5 Å². The molecular weight excluding hydrogens is 1410 g/mol. The summed E-state index contributed by atoms with van der Waals surface area (Å²) in [4.78, 5) is 73.4. The Labute approximate surface area is 670 Å². The van der Waals surface area contributed by atoms with Gasteiger partial charge in [-0.3, -0.25) is 37.3 Å². The van der Waals surface area contributed by atoms with Gasteiger partial charge in [-0.15, -0.1) is 0 Å².